The molecule has 0 aliphatic carbocycles. The third-order valence-electron chi connectivity index (χ3n) is 2.06. The molecule has 0 rings (SSSR count). The normalized spacial score (nSPS) is 14.4. The monoisotopic (exact) mass is 264 g/mol. The van der Waals surface area contributed by atoms with Gasteiger partial charge in [-0.2, -0.15) is 0 Å². The Morgan fingerprint density at radius 2 is 1.88 bits per heavy atom. The van der Waals surface area contributed by atoms with Crippen molar-refractivity contribution in [3.63, 3.8) is 0 Å². The van der Waals surface area contributed by atoms with Crippen molar-refractivity contribution in [1.29, 1.82) is 0 Å². The molecule has 0 fully saturated rings. The van der Waals surface area contributed by atoms with Gasteiger partial charge in [0.15, 0.2) is 0 Å². The summed E-state index contributed by atoms with van der Waals surface area (Å²) < 4.78 is 24.7. The zero-order valence-corrected chi connectivity index (χ0v) is 11.9. The van der Waals surface area contributed by atoms with Crippen LogP contribution in [-0.2, 0) is 14.8 Å². The Hall–Kier alpha value is -0.620. The van der Waals surface area contributed by atoms with Crippen LogP contribution in [0.3, 0.4) is 0 Å². The summed E-state index contributed by atoms with van der Waals surface area (Å²) in [5, 5.41) is 0. The van der Waals surface area contributed by atoms with Crippen LogP contribution in [-0.4, -0.2) is 26.1 Å². The summed E-state index contributed by atoms with van der Waals surface area (Å²) in [6.07, 6.45) is 1.20. The first kappa shape index (κ1) is 16.4. The lowest BCUT2D eigenvalue weighted by Gasteiger charge is -2.22. The molecule has 0 heterocycles. The van der Waals surface area contributed by atoms with E-state index < -0.39 is 15.9 Å². The Kier molecular flexibility index (Phi) is 6.12. The van der Waals surface area contributed by atoms with Crippen LogP contribution in [0.1, 0.15) is 47.0 Å². The number of hydrogen-bond donors (Lipinski definition) is 2. The molecule has 17 heavy (non-hydrogen) atoms. The summed E-state index contributed by atoms with van der Waals surface area (Å²) in [5.74, 6) is -0.553. The van der Waals surface area contributed by atoms with Gasteiger partial charge in [0.25, 0.3) is 0 Å². The highest BCUT2D eigenvalue weighted by atomic mass is 32.2. The number of carbonyl (C=O) groups excluding carboxylic acids is 1. The van der Waals surface area contributed by atoms with E-state index in [9.17, 15) is 13.2 Å². The molecule has 5 nitrogen and oxygen atoms in total. The van der Waals surface area contributed by atoms with E-state index in [0.29, 0.717) is 12.8 Å². The van der Waals surface area contributed by atoms with Crippen molar-refractivity contribution >= 4 is 15.9 Å². The molecule has 0 spiro atoms. The van der Waals surface area contributed by atoms with Crippen LogP contribution in [0.4, 0.5) is 0 Å². The third-order valence-corrected chi connectivity index (χ3v) is 3.55. The van der Waals surface area contributed by atoms with Gasteiger partial charge in [0.2, 0.25) is 15.9 Å². The van der Waals surface area contributed by atoms with Crippen LogP contribution in [0.15, 0.2) is 0 Å². The first-order valence-corrected chi connectivity index (χ1v) is 7.50. The van der Waals surface area contributed by atoms with E-state index in [1.54, 1.807) is 6.92 Å². The Morgan fingerprint density at radius 1 is 1.35 bits per heavy atom. The molecule has 0 aliphatic rings. The maximum absolute atomic E-state index is 11.5. The lowest BCUT2D eigenvalue weighted by molar-refractivity contribution is -0.119. The molecule has 0 saturated carbocycles. The molecule has 0 aromatic carbocycles. The molecule has 0 aromatic heterocycles. The molecular formula is C11H24N2O3S. The summed E-state index contributed by atoms with van der Waals surface area (Å²) in [4.78, 5) is 11.5. The highest BCUT2D eigenvalue weighted by molar-refractivity contribution is 7.90. The number of rotatable bonds is 6. The molecule has 102 valence electrons. The van der Waals surface area contributed by atoms with Gasteiger partial charge in [0, 0.05) is 12.5 Å². The number of amides is 1. The van der Waals surface area contributed by atoms with Gasteiger partial charge in [-0.25, -0.2) is 8.42 Å². The fourth-order valence-corrected chi connectivity index (χ4v) is 2.70. The second-order valence-electron chi connectivity index (χ2n) is 5.57. The molecule has 1 unspecified atom stereocenters. The molecule has 6 heteroatoms. The van der Waals surface area contributed by atoms with Crippen LogP contribution in [0.5, 0.6) is 0 Å². The van der Waals surface area contributed by atoms with Gasteiger partial charge < -0.3 is 5.73 Å². The van der Waals surface area contributed by atoms with E-state index in [-0.39, 0.29) is 23.6 Å². The van der Waals surface area contributed by atoms with E-state index in [1.807, 2.05) is 25.5 Å². The Bertz CT molecular complexity index is 344. The summed E-state index contributed by atoms with van der Waals surface area (Å²) in [7, 11) is -3.48. The van der Waals surface area contributed by atoms with Crippen molar-refractivity contribution in [1.82, 2.24) is 4.72 Å². The van der Waals surface area contributed by atoms with Crippen molar-refractivity contribution in [2.24, 2.45) is 11.1 Å². The second kappa shape index (κ2) is 6.35. The summed E-state index contributed by atoms with van der Waals surface area (Å²) in [6, 6.07) is -0.313. The summed E-state index contributed by atoms with van der Waals surface area (Å²) in [6.45, 7) is 7.82. The molecule has 0 bridgehead atoms. The second-order valence-corrected chi connectivity index (χ2v) is 7.41. The zero-order chi connectivity index (χ0) is 13.7. The molecule has 0 saturated heterocycles. The summed E-state index contributed by atoms with van der Waals surface area (Å²) in [5.41, 5.74) is 5.83. The van der Waals surface area contributed by atoms with Gasteiger partial charge in [-0.05, 0) is 18.3 Å². The van der Waals surface area contributed by atoms with Crippen molar-refractivity contribution in [3.05, 3.63) is 0 Å². The van der Waals surface area contributed by atoms with Crippen molar-refractivity contribution in [2.75, 3.05) is 5.75 Å². The van der Waals surface area contributed by atoms with Gasteiger partial charge >= 0.3 is 0 Å². The quantitative estimate of drug-likeness (QED) is 0.749. The molecule has 1 amide bonds. The number of sulfonamides is 1. The highest BCUT2D eigenvalue weighted by Gasteiger charge is 2.20. The standard InChI is InChI=1S/C11H24N2O3S/c1-5-6-17(15,16)13-10(14)7-9(12)8-11(2,3)4/h9H,5-8,12H2,1-4H3,(H,13,14). The minimum atomic E-state index is -3.48. The fraction of sp³-hybridized carbons (Fsp3) is 0.909. The first-order valence-electron chi connectivity index (χ1n) is 5.84. The van der Waals surface area contributed by atoms with E-state index in [0.717, 1.165) is 0 Å². The molecule has 1 atom stereocenters. The van der Waals surface area contributed by atoms with Crippen molar-refractivity contribution in [2.45, 2.75) is 53.0 Å². The smallest absolute Gasteiger partial charge is 0.234 e. The molecule has 3 N–H and O–H groups in total. The minimum Gasteiger partial charge on any atom is -0.327 e. The molecular weight excluding hydrogens is 240 g/mol. The van der Waals surface area contributed by atoms with E-state index in [2.05, 4.69) is 0 Å². The largest absolute Gasteiger partial charge is 0.327 e. The van der Waals surface area contributed by atoms with E-state index in [1.165, 1.54) is 0 Å². The van der Waals surface area contributed by atoms with Crippen molar-refractivity contribution in [3.8, 4) is 0 Å². The Labute approximate surface area is 104 Å². The van der Waals surface area contributed by atoms with E-state index >= 15 is 0 Å². The van der Waals surface area contributed by atoms with Crippen LogP contribution < -0.4 is 10.5 Å². The van der Waals surface area contributed by atoms with Crippen molar-refractivity contribution < 1.29 is 13.2 Å². The predicted octanol–water partition coefficient (Wildman–Crippen LogP) is 0.996. The van der Waals surface area contributed by atoms with Gasteiger partial charge in [-0.1, -0.05) is 27.7 Å². The van der Waals surface area contributed by atoms with Crippen LogP contribution >= 0.6 is 0 Å². The molecule has 0 aliphatic heterocycles. The topological polar surface area (TPSA) is 89.3 Å². The number of carbonyl (C=O) groups is 1. The molecule has 0 aromatic rings. The maximum atomic E-state index is 11.5. The zero-order valence-electron chi connectivity index (χ0n) is 11.1. The lowest BCUT2D eigenvalue weighted by atomic mass is 9.87. The van der Waals surface area contributed by atoms with Gasteiger partial charge in [-0.15, -0.1) is 0 Å². The van der Waals surface area contributed by atoms with Gasteiger partial charge in [-0.3, -0.25) is 9.52 Å². The minimum absolute atomic E-state index is 0.0298. The Morgan fingerprint density at radius 3 is 2.29 bits per heavy atom. The van der Waals surface area contributed by atoms with Gasteiger partial charge in [0.05, 0.1) is 5.75 Å². The summed E-state index contributed by atoms with van der Waals surface area (Å²) >= 11 is 0. The SMILES string of the molecule is CCCS(=O)(=O)NC(=O)CC(N)CC(C)(C)C. The van der Waals surface area contributed by atoms with Crippen LogP contribution in [0, 0.1) is 5.41 Å². The van der Waals surface area contributed by atoms with Crippen LogP contribution in [0.2, 0.25) is 0 Å². The first-order chi connectivity index (χ1) is 7.56. The number of nitrogens with two attached hydrogens (primary N) is 1. The third kappa shape index (κ3) is 9.12. The Balaban J connectivity index is 4.20. The fourth-order valence-electron chi connectivity index (χ4n) is 1.63. The molecule has 0 radical (unpaired) electrons. The maximum Gasteiger partial charge on any atom is 0.234 e. The number of nitrogens with one attached hydrogen (secondary N) is 1. The highest BCUT2D eigenvalue weighted by Crippen LogP contribution is 2.20. The lowest BCUT2D eigenvalue weighted by Crippen LogP contribution is -2.37. The van der Waals surface area contributed by atoms with Crippen LogP contribution in [0.25, 0.3) is 0 Å². The number of hydrogen-bond acceptors (Lipinski definition) is 4. The average molecular weight is 264 g/mol. The van der Waals surface area contributed by atoms with Gasteiger partial charge in [0.1, 0.15) is 0 Å². The van der Waals surface area contributed by atoms with E-state index in [4.69, 9.17) is 5.73 Å². The predicted molar refractivity (Wildman–Crippen MR) is 68.9 cm³/mol. The average Bonchev–Trinajstić information content (AvgIpc) is 1.96.